The van der Waals surface area contributed by atoms with E-state index in [0.717, 1.165) is 5.56 Å². The topological polar surface area (TPSA) is 115 Å². The molecule has 0 radical (unpaired) electrons. The van der Waals surface area contributed by atoms with Gasteiger partial charge in [-0.15, -0.1) is 0 Å². The zero-order valence-corrected chi connectivity index (χ0v) is 22.6. The van der Waals surface area contributed by atoms with E-state index in [1.807, 2.05) is 13.0 Å². The third-order valence-electron chi connectivity index (χ3n) is 5.02. The number of carbonyl (C=O) groups excluding carboxylic acids is 1. The van der Waals surface area contributed by atoms with Crippen molar-refractivity contribution in [2.75, 3.05) is 20.3 Å². The fraction of sp³-hybridized carbons (Fsp3) is 0.259. The number of hydrogen-bond donors (Lipinski definition) is 1. The Hall–Kier alpha value is -3.84. The Morgan fingerprint density at radius 1 is 1.08 bits per heavy atom. The second-order valence-corrected chi connectivity index (χ2v) is 8.74. The van der Waals surface area contributed by atoms with E-state index < -0.39 is 5.91 Å². The Morgan fingerprint density at radius 2 is 1.89 bits per heavy atom. The van der Waals surface area contributed by atoms with Crippen LogP contribution in [-0.2, 0) is 22.7 Å². The number of ether oxygens (including phenoxy) is 4. The molecule has 1 N–H and O–H groups in total. The predicted molar refractivity (Wildman–Crippen MR) is 144 cm³/mol. The molecule has 0 aliphatic carbocycles. The van der Waals surface area contributed by atoms with Crippen molar-refractivity contribution in [3.63, 3.8) is 0 Å². The highest BCUT2D eigenvalue weighted by molar-refractivity contribution is 6.35. The number of aromatic nitrogens is 1. The molecule has 0 bridgehead atoms. The maximum atomic E-state index is 12.2. The number of carbonyl (C=O) groups is 1. The van der Waals surface area contributed by atoms with Crippen molar-refractivity contribution in [2.24, 2.45) is 5.10 Å². The first-order valence-corrected chi connectivity index (χ1v) is 12.3. The second kappa shape index (κ2) is 14.2. The number of hydrogen-bond acceptors (Lipinski definition) is 8. The van der Waals surface area contributed by atoms with Gasteiger partial charge >= 0.3 is 0 Å². The molecule has 0 fully saturated rings. The minimum absolute atomic E-state index is 0.0653. The SMILES string of the molecule is CCOc1cc(/C=N\NC(=O)COc2nc(C)cc(COC)c2C#N)ccc1OCc1ccc(Cl)cc1Cl. The average Bonchev–Trinajstić information content (AvgIpc) is 2.88. The van der Waals surface area contributed by atoms with Gasteiger partial charge in [0.05, 0.1) is 19.4 Å². The average molecular weight is 557 g/mol. The van der Waals surface area contributed by atoms with Crippen molar-refractivity contribution in [1.29, 1.82) is 5.26 Å². The number of amides is 1. The number of nitrogens with one attached hydrogen (secondary N) is 1. The van der Waals surface area contributed by atoms with Crippen molar-refractivity contribution in [2.45, 2.75) is 27.1 Å². The van der Waals surface area contributed by atoms with Gasteiger partial charge in [0.15, 0.2) is 18.1 Å². The maximum absolute atomic E-state index is 12.2. The van der Waals surface area contributed by atoms with Crippen LogP contribution in [0.3, 0.4) is 0 Å². The van der Waals surface area contributed by atoms with Crippen LogP contribution in [0.1, 0.15) is 34.9 Å². The summed E-state index contributed by atoms with van der Waals surface area (Å²) in [6.07, 6.45) is 1.46. The molecule has 0 atom stereocenters. The van der Waals surface area contributed by atoms with E-state index in [1.165, 1.54) is 13.3 Å². The lowest BCUT2D eigenvalue weighted by atomic mass is 10.1. The first-order chi connectivity index (χ1) is 18.3. The van der Waals surface area contributed by atoms with Gasteiger partial charge in [0, 0.05) is 34.0 Å². The second-order valence-electron chi connectivity index (χ2n) is 7.89. The molecule has 0 spiro atoms. The van der Waals surface area contributed by atoms with E-state index in [-0.39, 0.29) is 31.3 Å². The molecule has 0 saturated heterocycles. The minimum atomic E-state index is -0.522. The van der Waals surface area contributed by atoms with Crippen molar-refractivity contribution in [3.05, 3.63) is 80.5 Å². The van der Waals surface area contributed by atoms with Crippen molar-refractivity contribution in [3.8, 4) is 23.4 Å². The van der Waals surface area contributed by atoms with Crippen LogP contribution in [0.2, 0.25) is 10.0 Å². The van der Waals surface area contributed by atoms with Gasteiger partial charge in [0.1, 0.15) is 18.2 Å². The third-order valence-corrected chi connectivity index (χ3v) is 5.60. The van der Waals surface area contributed by atoms with Crippen molar-refractivity contribution in [1.82, 2.24) is 10.4 Å². The molecule has 198 valence electrons. The predicted octanol–water partition coefficient (Wildman–Crippen LogP) is 5.22. The van der Waals surface area contributed by atoms with Crippen LogP contribution in [0.15, 0.2) is 47.6 Å². The molecular formula is C27H26Cl2N4O5. The number of nitrogens with zero attached hydrogens (tertiary/aromatic N) is 3. The number of benzene rings is 2. The smallest absolute Gasteiger partial charge is 0.278 e. The molecule has 1 aromatic heterocycles. The van der Waals surface area contributed by atoms with Crippen LogP contribution in [0.5, 0.6) is 17.4 Å². The standard InChI is InChI=1S/C27H26Cl2N4O5/c1-4-36-25-10-18(5-8-24(25)37-15-19-6-7-21(28)11-23(19)29)13-31-33-26(34)16-38-27-22(12-30)20(14-35-3)9-17(2)32-27/h5-11,13H,4,14-16H2,1-3H3,(H,33,34)/b31-13-. The summed E-state index contributed by atoms with van der Waals surface area (Å²) >= 11 is 12.2. The highest BCUT2D eigenvalue weighted by Crippen LogP contribution is 2.30. The highest BCUT2D eigenvalue weighted by atomic mass is 35.5. The number of methoxy groups -OCH3 is 1. The summed E-state index contributed by atoms with van der Waals surface area (Å²) in [5.74, 6) is 0.582. The first-order valence-electron chi connectivity index (χ1n) is 11.5. The zero-order chi connectivity index (χ0) is 27.5. The fourth-order valence-electron chi connectivity index (χ4n) is 3.34. The number of halogens is 2. The molecule has 2 aromatic carbocycles. The van der Waals surface area contributed by atoms with Gasteiger partial charge in [-0.1, -0.05) is 29.3 Å². The number of pyridine rings is 1. The molecule has 3 aromatic rings. The molecule has 38 heavy (non-hydrogen) atoms. The normalized spacial score (nSPS) is 10.7. The summed E-state index contributed by atoms with van der Waals surface area (Å²) in [7, 11) is 1.53. The summed E-state index contributed by atoms with van der Waals surface area (Å²) in [5.41, 5.74) is 5.33. The molecular weight excluding hydrogens is 531 g/mol. The Bertz CT molecular complexity index is 1360. The summed E-state index contributed by atoms with van der Waals surface area (Å²) in [4.78, 5) is 16.5. The van der Waals surface area contributed by atoms with Gasteiger partial charge < -0.3 is 18.9 Å². The van der Waals surface area contributed by atoms with Gasteiger partial charge in [-0.25, -0.2) is 10.4 Å². The number of rotatable bonds is 12. The molecule has 1 heterocycles. The lowest BCUT2D eigenvalue weighted by Crippen LogP contribution is -2.25. The molecule has 0 saturated carbocycles. The van der Waals surface area contributed by atoms with Crippen LogP contribution in [0.25, 0.3) is 0 Å². The van der Waals surface area contributed by atoms with Gasteiger partial charge in [0.25, 0.3) is 5.91 Å². The third kappa shape index (κ3) is 8.08. The lowest BCUT2D eigenvalue weighted by molar-refractivity contribution is -0.123. The van der Waals surface area contributed by atoms with Crippen molar-refractivity contribution < 1.29 is 23.7 Å². The van der Waals surface area contributed by atoms with Gasteiger partial charge in [-0.05, 0) is 55.8 Å². The van der Waals surface area contributed by atoms with Gasteiger partial charge in [0.2, 0.25) is 5.88 Å². The van der Waals surface area contributed by atoms with Crippen LogP contribution >= 0.6 is 23.2 Å². The molecule has 1 amide bonds. The quantitative estimate of drug-likeness (QED) is 0.240. The number of aryl methyl sites for hydroxylation is 1. The Kier molecular flexibility index (Phi) is 10.7. The van der Waals surface area contributed by atoms with Crippen molar-refractivity contribution >= 4 is 35.3 Å². The molecule has 0 unspecified atom stereocenters. The summed E-state index contributed by atoms with van der Waals surface area (Å²) in [5, 5.41) is 14.5. The largest absolute Gasteiger partial charge is 0.490 e. The molecule has 3 rings (SSSR count). The van der Waals surface area contributed by atoms with E-state index in [0.29, 0.717) is 45.0 Å². The lowest BCUT2D eigenvalue weighted by Gasteiger charge is -2.13. The van der Waals surface area contributed by atoms with E-state index >= 15 is 0 Å². The van der Waals surface area contributed by atoms with Gasteiger partial charge in [-0.2, -0.15) is 10.4 Å². The van der Waals surface area contributed by atoms with Crippen LogP contribution in [-0.4, -0.2) is 37.4 Å². The number of hydrazone groups is 1. The summed E-state index contributed by atoms with van der Waals surface area (Å²) < 4.78 is 22.2. The molecule has 0 aliphatic heterocycles. The van der Waals surface area contributed by atoms with E-state index in [4.69, 9.17) is 42.1 Å². The van der Waals surface area contributed by atoms with E-state index in [1.54, 1.807) is 49.4 Å². The fourth-order valence-corrected chi connectivity index (χ4v) is 3.80. The molecule has 0 aliphatic rings. The Labute approximate surface area is 230 Å². The minimum Gasteiger partial charge on any atom is -0.490 e. The highest BCUT2D eigenvalue weighted by Gasteiger charge is 2.14. The summed E-state index contributed by atoms with van der Waals surface area (Å²) in [6.45, 7) is 4.13. The van der Waals surface area contributed by atoms with Gasteiger partial charge in [-0.3, -0.25) is 4.79 Å². The summed E-state index contributed by atoms with van der Waals surface area (Å²) in [6, 6.07) is 14.2. The Morgan fingerprint density at radius 3 is 2.61 bits per heavy atom. The molecule has 11 heteroatoms. The Balaban J connectivity index is 1.60. The van der Waals surface area contributed by atoms with Crippen LogP contribution < -0.4 is 19.6 Å². The van der Waals surface area contributed by atoms with Crippen LogP contribution in [0.4, 0.5) is 0 Å². The zero-order valence-electron chi connectivity index (χ0n) is 21.1. The monoisotopic (exact) mass is 556 g/mol. The number of nitriles is 1. The van der Waals surface area contributed by atoms with E-state index in [2.05, 4.69) is 15.5 Å². The first kappa shape index (κ1) is 28.7. The molecule has 9 nitrogen and oxygen atoms in total. The maximum Gasteiger partial charge on any atom is 0.278 e. The van der Waals surface area contributed by atoms with Crippen LogP contribution in [0, 0.1) is 18.3 Å². The van der Waals surface area contributed by atoms with E-state index in [9.17, 15) is 10.1 Å².